The number of halogens is 2. The zero-order valence-corrected chi connectivity index (χ0v) is 17.2. The molecule has 0 saturated heterocycles. The van der Waals surface area contributed by atoms with Crippen LogP contribution in [0.25, 0.3) is 0 Å². The first-order valence-electron chi connectivity index (χ1n) is 7.23. The first-order chi connectivity index (χ1) is 10.7. The Labute approximate surface area is 164 Å². The first kappa shape index (κ1) is 20.2. The molecule has 2 aromatic heterocycles. The number of aliphatic imine (C=N–C) groups is 1. The fourth-order valence-corrected chi connectivity index (χ4v) is 2.91. The molecule has 2 rings (SSSR count). The van der Waals surface area contributed by atoms with Crippen LogP contribution in [0.5, 0.6) is 0 Å². The molecule has 7 heteroatoms. The number of guanidine groups is 1. The van der Waals surface area contributed by atoms with Gasteiger partial charge in [-0.25, -0.2) is 4.98 Å². The summed E-state index contributed by atoms with van der Waals surface area (Å²) >= 11 is 7.58. The zero-order valence-electron chi connectivity index (χ0n) is 13.3. The third-order valence-corrected chi connectivity index (χ3v) is 4.49. The second kappa shape index (κ2) is 10.8. The van der Waals surface area contributed by atoms with E-state index in [1.807, 2.05) is 25.4 Å². The van der Waals surface area contributed by atoms with E-state index in [-0.39, 0.29) is 24.0 Å². The molecule has 2 heterocycles. The molecule has 0 aliphatic rings. The lowest BCUT2D eigenvalue weighted by atomic mass is 10.2. The molecule has 0 aromatic carbocycles. The van der Waals surface area contributed by atoms with Gasteiger partial charge in [-0.05, 0) is 35.9 Å². The molecule has 0 fully saturated rings. The maximum atomic E-state index is 5.79. The molecule has 0 radical (unpaired) electrons. The van der Waals surface area contributed by atoms with Crippen molar-refractivity contribution in [2.24, 2.45) is 4.99 Å². The zero-order chi connectivity index (χ0) is 15.8. The number of likely N-dealkylation sites (N-methyl/N-ethyl adjacent to an activating group) is 1. The number of nitrogens with zero attached hydrogens (tertiary/aromatic N) is 3. The Hall–Kier alpha value is -0.860. The van der Waals surface area contributed by atoms with Crippen LogP contribution >= 0.6 is 46.9 Å². The summed E-state index contributed by atoms with van der Waals surface area (Å²) in [6, 6.07) is 8.08. The van der Waals surface area contributed by atoms with Crippen LogP contribution in [0.3, 0.4) is 0 Å². The Bertz CT molecular complexity index is 587. The van der Waals surface area contributed by atoms with Crippen molar-refractivity contribution in [1.29, 1.82) is 0 Å². The number of rotatable bonds is 6. The van der Waals surface area contributed by atoms with E-state index in [1.165, 1.54) is 4.88 Å². The van der Waals surface area contributed by atoms with Crippen molar-refractivity contribution in [3.05, 3.63) is 51.4 Å². The minimum Gasteiger partial charge on any atom is -0.356 e. The van der Waals surface area contributed by atoms with Gasteiger partial charge in [0.1, 0.15) is 5.15 Å². The molecule has 23 heavy (non-hydrogen) atoms. The predicted octanol–water partition coefficient (Wildman–Crippen LogP) is 3.71. The van der Waals surface area contributed by atoms with Crippen LogP contribution in [0, 0.1) is 0 Å². The maximum Gasteiger partial charge on any atom is 0.193 e. The maximum absolute atomic E-state index is 5.79. The summed E-state index contributed by atoms with van der Waals surface area (Å²) in [5.74, 6) is 0.915. The molecule has 0 spiro atoms. The van der Waals surface area contributed by atoms with Crippen molar-refractivity contribution in [3.8, 4) is 0 Å². The summed E-state index contributed by atoms with van der Waals surface area (Å²) in [5, 5.41) is 6.02. The van der Waals surface area contributed by atoms with Gasteiger partial charge < -0.3 is 10.2 Å². The summed E-state index contributed by atoms with van der Waals surface area (Å²) in [4.78, 5) is 12.0. The van der Waals surface area contributed by atoms with Gasteiger partial charge in [0.15, 0.2) is 5.96 Å². The van der Waals surface area contributed by atoms with E-state index < -0.39 is 0 Å². The molecule has 0 bridgehead atoms. The molecule has 4 nitrogen and oxygen atoms in total. The normalized spacial score (nSPS) is 11.0. The average molecular weight is 465 g/mol. The molecule has 0 atom stereocenters. The highest BCUT2D eigenvalue weighted by Crippen LogP contribution is 2.09. The van der Waals surface area contributed by atoms with Gasteiger partial charge in [0.2, 0.25) is 0 Å². The standard InChI is InChI=1S/C16H21ClN4S.HI/c1-18-16(21(2)10-8-14-4-3-11-22-14)19-9-7-13-5-6-15(17)20-12-13;/h3-6,11-12H,7-10H2,1-2H3,(H,18,19);1H. The molecule has 0 aliphatic carbocycles. The van der Waals surface area contributed by atoms with E-state index in [2.05, 4.69) is 44.8 Å². The number of hydrogen-bond donors (Lipinski definition) is 1. The highest BCUT2D eigenvalue weighted by atomic mass is 127. The van der Waals surface area contributed by atoms with Crippen molar-refractivity contribution in [2.45, 2.75) is 12.8 Å². The first-order valence-corrected chi connectivity index (χ1v) is 8.49. The van der Waals surface area contributed by atoms with Crippen LogP contribution in [0.2, 0.25) is 5.15 Å². The highest BCUT2D eigenvalue weighted by molar-refractivity contribution is 14.0. The van der Waals surface area contributed by atoms with Crippen molar-refractivity contribution in [3.63, 3.8) is 0 Å². The number of thiophene rings is 1. The Kier molecular flexibility index (Phi) is 9.50. The minimum absolute atomic E-state index is 0. The van der Waals surface area contributed by atoms with Gasteiger partial charge in [-0.2, -0.15) is 0 Å². The molecule has 0 saturated carbocycles. The summed E-state index contributed by atoms with van der Waals surface area (Å²) in [7, 11) is 3.88. The summed E-state index contributed by atoms with van der Waals surface area (Å²) < 4.78 is 0. The van der Waals surface area contributed by atoms with Crippen LogP contribution in [-0.2, 0) is 12.8 Å². The monoisotopic (exact) mass is 464 g/mol. The van der Waals surface area contributed by atoms with Gasteiger partial charge in [0, 0.05) is 38.3 Å². The van der Waals surface area contributed by atoms with Crippen molar-refractivity contribution >= 4 is 52.9 Å². The molecular weight excluding hydrogens is 443 g/mol. The van der Waals surface area contributed by atoms with Crippen LogP contribution in [0.15, 0.2) is 40.8 Å². The van der Waals surface area contributed by atoms with Gasteiger partial charge >= 0.3 is 0 Å². The van der Waals surface area contributed by atoms with Crippen LogP contribution < -0.4 is 5.32 Å². The number of aromatic nitrogens is 1. The molecular formula is C16H22ClIN4S. The molecule has 2 aromatic rings. The predicted molar refractivity (Wildman–Crippen MR) is 110 cm³/mol. The second-order valence-corrected chi connectivity index (χ2v) is 6.38. The second-order valence-electron chi connectivity index (χ2n) is 4.96. The molecule has 0 amide bonds. The van der Waals surface area contributed by atoms with Gasteiger partial charge in [0.05, 0.1) is 0 Å². The fraction of sp³-hybridized carbons (Fsp3) is 0.375. The largest absolute Gasteiger partial charge is 0.356 e. The Morgan fingerprint density at radius 1 is 1.35 bits per heavy atom. The van der Waals surface area contributed by atoms with Crippen molar-refractivity contribution < 1.29 is 0 Å². The fourth-order valence-electron chi connectivity index (χ4n) is 2.10. The van der Waals surface area contributed by atoms with E-state index in [0.717, 1.165) is 37.5 Å². The summed E-state index contributed by atoms with van der Waals surface area (Å²) in [6.07, 6.45) is 3.74. The van der Waals surface area contributed by atoms with Gasteiger partial charge in [0.25, 0.3) is 0 Å². The topological polar surface area (TPSA) is 40.5 Å². The Morgan fingerprint density at radius 3 is 2.78 bits per heavy atom. The average Bonchev–Trinajstić information content (AvgIpc) is 3.04. The van der Waals surface area contributed by atoms with Crippen molar-refractivity contribution in [1.82, 2.24) is 15.2 Å². The lowest BCUT2D eigenvalue weighted by Gasteiger charge is -2.21. The summed E-state index contributed by atoms with van der Waals surface area (Å²) in [6.45, 7) is 1.77. The third-order valence-electron chi connectivity index (χ3n) is 3.33. The SMILES string of the molecule is CN=C(NCCc1ccc(Cl)nc1)N(C)CCc1cccs1.I. The quantitative estimate of drug-likeness (QED) is 0.307. The van der Waals surface area contributed by atoms with E-state index in [4.69, 9.17) is 11.6 Å². The third kappa shape index (κ3) is 7.05. The van der Waals surface area contributed by atoms with Crippen molar-refractivity contribution in [2.75, 3.05) is 27.2 Å². The van der Waals surface area contributed by atoms with Gasteiger partial charge in [-0.3, -0.25) is 4.99 Å². The molecule has 1 N–H and O–H groups in total. The van der Waals surface area contributed by atoms with Gasteiger partial charge in [-0.1, -0.05) is 23.7 Å². The van der Waals surface area contributed by atoms with E-state index in [1.54, 1.807) is 11.3 Å². The van der Waals surface area contributed by atoms with E-state index >= 15 is 0 Å². The smallest absolute Gasteiger partial charge is 0.193 e. The lowest BCUT2D eigenvalue weighted by molar-refractivity contribution is 0.487. The van der Waals surface area contributed by atoms with Crippen LogP contribution in [-0.4, -0.2) is 43.0 Å². The number of nitrogens with one attached hydrogen (secondary N) is 1. The lowest BCUT2D eigenvalue weighted by Crippen LogP contribution is -2.40. The molecule has 0 unspecified atom stereocenters. The Balaban J connectivity index is 0.00000264. The van der Waals surface area contributed by atoms with Crippen LogP contribution in [0.1, 0.15) is 10.4 Å². The number of pyridine rings is 1. The van der Waals surface area contributed by atoms with E-state index in [0.29, 0.717) is 5.15 Å². The highest BCUT2D eigenvalue weighted by Gasteiger charge is 2.06. The Morgan fingerprint density at radius 2 is 2.17 bits per heavy atom. The number of hydrogen-bond acceptors (Lipinski definition) is 3. The molecule has 126 valence electrons. The minimum atomic E-state index is 0. The summed E-state index contributed by atoms with van der Waals surface area (Å²) in [5.41, 5.74) is 1.16. The van der Waals surface area contributed by atoms with E-state index in [9.17, 15) is 0 Å². The molecule has 0 aliphatic heterocycles. The van der Waals surface area contributed by atoms with Gasteiger partial charge in [-0.15, -0.1) is 35.3 Å². The van der Waals surface area contributed by atoms with Crippen LogP contribution in [0.4, 0.5) is 0 Å².